The second-order valence-electron chi connectivity index (χ2n) is 5.21. The summed E-state index contributed by atoms with van der Waals surface area (Å²) in [6.07, 6.45) is 2.93. The minimum atomic E-state index is -1.63. The van der Waals surface area contributed by atoms with Crippen molar-refractivity contribution in [3.05, 3.63) is 53.6 Å². The molecule has 1 fully saturated rings. The number of nitrogens with zero attached hydrogens (tertiary/aromatic N) is 2. The summed E-state index contributed by atoms with van der Waals surface area (Å²) in [6, 6.07) is 3.31. The van der Waals surface area contributed by atoms with Gasteiger partial charge in [0.1, 0.15) is 0 Å². The molecule has 0 saturated carbocycles. The Morgan fingerprint density at radius 1 is 1.12 bits per heavy atom. The molecule has 2 heterocycles. The summed E-state index contributed by atoms with van der Waals surface area (Å²) in [5.41, 5.74) is 0.482. The molecule has 1 amide bonds. The predicted molar refractivity (Wildman–Crippen MR) is 81.5 cm³/mol. The van der Waals surface area contributed by atoms with E-state index in [1.54, 1.807) is 12.3 Å². The van der Waals surface area contributed by atoms with Gasteiger partial charge in [0.05, 0.1) is 36.3 Å². The molecule has 0 spiro atoms. The molecule has 2 aromatic rings. The van der Waals surface area contributed by atoms with E-state index >= 15 is 0 Å². The molecule has 1 aliphatic rings. The Hall–Kier alpha value is -2.61. The van der Waals surface area contributed by atoms with Crippen molar-refractivity contribution in [3.63, 3.8) is 0 Å². The van der Waals surface area contributed by atoms with Crippen LogP contribution in [0.4, 0.5) is 24.5 Å². The first-order chi connectivity index (χ1) is 11.6. The second kappa shape index (κ2) is 6.88. The Kier molecular flexibility index (Phi) is 4.66. The zero-order valence-corrected chi connectivity index (χ0v) is 12.6. The molecule has 0 radical (unpaired) electrons. The first kappa shape index (κ1) is 16.3. The molecule has 0 aliphatic carbocycles. The van der Waals surface area contributed by atoms with Gasteiger partial charge in [-0.3, -0.25) is 9.78 Å². The Morgan fingerprint density at radius 3 is 2.62 bits per heavy atom. The largest absolute Gasteiger partial charge is 0.378 e. The van der Waals surface area contributed by atoms with Gasteiger partial charge in [-0.2, -0.15) is 0 Å². The Labute approximate surface area is 136 Å². The van der Waals surface area contributed by atoms with Crippen LogP contribution < -0.4 is 10.2 Å². The van der Waals surface area contributed by atoms with Gasteiger partial charge in [0.15, 0.2) is 17.5 Å². The summed E-state index contributed by atoms with van der Waals surface area (Å²) in [4.78, 5) is 18.2. The van der Waals surface area contributed by atoms with E-state index in [9.17, 15) is 18.0 Å². The van der Waals surface area contributed by atoms with Gasteiger partial charge in [-0.1, -0.05) is 0 Å². The van der Waals surface area contributed by atoms with Crippen LogP contribution >= 0.6 is 0 Å². The molecule has 0 unspecified atom stereocenters. The third-order valence-corrected chi connectivity index (χ3v) is 3.65. The lowest BCUT2D eigenvalue weighted by molar-refractivity contribution is 0.102. The topological polar surface area (TPSA) is 54.5 Å². The van der Waals surface area contributed by atoms with Crippen LogP contribution in [0, 0.1) is 17.5 Å². The first-order valence-electron chi connectivity index (χ1n) is 7.29. The van der Waals surface area contributed by atoms with Crippen molar-refractivity contribution in [2.75, 3.05) is 36.5 Å². The summed E-state index contributed by atoms with van der Waals surface area (Å²) >= 11 is 0. The number of amides is 1. The Bertz CT molecular complexity index is 764. The smallest absolute Gasteiger partial charge is 0.257 e. The lowest BCUT2D eigenvalue weighted by atomic mass is 10.2. The zero-order valence-electron chi connectivity index (χ0n) is 12.6. The molecule has 1 aromatic carbocycles. The van der Waals surface area contributed by atoms with Crippen molar-refractivity contribution in [3.8, 4) is 0 Å². The second-order valence-corrected chi connectivity index (χ2v) is 5.21. The quantitative estimate of drug-likeness (QED) is 0.875. The average Bonchev–Trinajstić information content (AvgIpc) is 2.63. The minimum Gasteiger partial charge on any atom is -0.378 e. The van der Waals surface area contributed by atoms with Crippen molar-refractivity contribution in [1.29, 1.82) is 0 Å². The van der Waals surface area contributed by atoms with E-state index in [0.29, 0.717) is 26.3 Å². The number of pyridine rings is 1. The maximum absolute atomic E-state index is 13.6. The van der Waals surface area contributed by atoms with Gasteiger partial charge in [0.2, 0.25) is 0 Å². The highest BCUT2D eigenvalue weighted by molar-refractivity contribution is 6.04. The monoisotopic (exact) mass is 337 g/mol. The van der Waals surface area contributed by atoms with Crippen LogP contribution in [-0.4, -0.2) is 37.2 Å². The van der Waals surface area contributed by atoms with E-state index in [1.165, 1.54) is 6.20 Å². The number of hydrogen-bond donors (Lipinski definition) is 1. The van der Waals surface area contributed by atoms with Gasteiger partial charge < -0.3 is 15.0 Å². The van der Waals surface area contributed by atoms with Gasteiger partial charge in [-0.25, -0.2) is 13.2 Å². The standard InChI is InChI=1S/C16H14F3N3O2/c17-12-1-2-13(15(19)14(12)18)21-16(23)10-7-11(9-20-8-10)22-3-5-24-6-4-22/h1-2,7-9H,3-6H2,(H,21,23). The summed E-state index contributed by atoms with van der Waals surface area (Å²) in [6.45, 7) is 2.50. The van der Waals surface area contributed by atoms with Crippen molar-refractivity contribution in [2.24, 2.45) is 0 Å². The summed E-state index contributed by atoms with van der Waals surface area (Å²) in [5, 5.41) is 2.22. The highest BCUT2D eigenvalue weighted by Gasteiger charge is 2.18. The molecule has 1 saturated heterocycles. The van der Waals surface area contributed by atoms with Crippen LogP contribution in [0.25, 0.3) is 0 Å². The van der Waals surface area contributed by atoms with Crippen molar-refractivity contribution < 1.29 is 22.7 Å². The van der Waals surface area contributed by atoms with Gasteiger partial charge in [-0.15, -0.1) is 0 Å². The first-order valence-corrected chi connectivity index (χ1v) is 7.29. The van der Waals surface area contributed by atoms with Gasteiger partial charge in [0, 0.05) is 19.3 Å². The molecule has 0 atom stereocenters. The fourth-order valence-electron chi connectivity index (χ4n) is 2.36. The molecular formula is C16H14F3N3O2. The molecule has 1 aromatic heterocycles. The summed E-state index contributed by atoms with van der Waals surface area (Å²) in [7, 11) is 0. The number of carbonyl (C=O) groups is 1. The number of ether oxygens (including phenoxy) is 1. The van der Waals surface area contributed by atoms with Gasteiger partial charge in [0.25, 0.3) is 5.91 Å². The molecule has 1 aliphatic heterocycles. The van der Waals surface area contributed by atoms with E-state index in [0.717, 1.165) is 17.8 Å². The SMILES string of the molecule is O=C(Nc1ccc(F)c(F)c1F)c1cncc(N2CCOCC2)c1. The molecule has 8 heteroatoms. The number of nitrogens with one attached hydrogen (secondary N) is 1. The maximum Gasteiger partial charge on any atom is 0.257 e. The summed E-state index contributed by atoms with van der Waals surface area (Å²) < 4.78 is 45.0. The van der Waals surface area contributed by atoms with Crippen molar-refractivity contribution in [2.45, 2.75) is 0 Å². The predicted octanol–water partition coefficient (Wildman–Crippen LogP) is 2.59. The third kappa shape index (κ3) is 3.33. The number of anilines is 2. The number of carbonyl (C=O) groups excluding carboxylic acids is 1. The van der Waals surface area contributed by atoms with E-state index in [2.05, 4.69) is 10.3 Å². The molecule has 24 heavy (non-hydrogen) atoms. The maximum atomic E-state index is 13.6. The molecular weight excluding hydrogens is 323 g/mol. The van der Waals surface area contributed by atoms with Crippen LogP contribution in [-0.2, 0) is 4.74 Å². The van der Waals surface area contributed by atoms with E-state index in [1.807, 2.05) is 4.90 Å². The van der Waals surface area contributed by atoms with E-state index < -0.39 is 29.0 Å². The van der Waals surface area contributed by atoms with Crippen molar-refractivity contribution >= 4 is 17.3 Å². The van der Waals surface area contributed by atoms with Gasteiger partial charge >= 0.3 is 0 Å². The van der Waals surface area contributed by atoms with Crippen LogP contribution in [0.15, 0.2) is 30.6 Å². The van der Waals surface area contributed by atoms with Crippen LogP contribution in [0.2, 0.25) is 0 Å². The van der Waals surface area contributed by atoms with Crippen LogP contribution in [0.1, 0.15) is 10.4 Å². The van der Waals surface area contributed by atoms with Gasteiger partial charge in [-0.05, 0) is 18.2 Å². The molecule has 126 valence electrons. The highest BCUT2D eigenvalue weighted by atomic mass is 19.2. The Morgan fingerprint density at radius 2 is 1.88 bits per heavy atom. The fourth-order valence-corrected chi connectivity index (χ4v) is 2.36. The lowest BCUT2D eigenvalue weighted by Gasteiger charge is -2.28. The number of aromatic nitrogens is 1. The number of rotatable bonds is 3. The normalized spacial score (nSPS) is 14.5. The minimum absolute atomic E-state index is 0.183. The molecule has 5 nitrogen and oxygen atoms in total. The molecule has 1 N–H and O–H groups in total. The highest BCUT2D eigenvalue weighted by Crippen LogP contribution is 2.21. The number of hydrogen-bond acceptors (Lipinski definition) is 4. The fraction of sp³-hybridized carbons (Fsp3) is 0.250. The zero-order chi connectivity index (χ0) is 17.1. The van der Waals surface area contributed by atoms with Crippen LogP contribution in [0.3, 0.4) is 0 Å². The number of halogens is 3. The van der Waals surface area contributed by atoms with Crippen LogP contribution in [0.5, 0.6) is 0 Å². The summed E-state index contributed by atoms with van der Waals surface area (Å²) in [5.74, 6) is -5.06. The van der Waals surface area contributed by atoms with E-state index in [-0.39, 0.29) is 5.56 Å². The Balaban J connectivity index is 1.79. The molecule has 0 bridgehead atoms. The molecule has 3 rings (SSSR count). The average molecular weight is 337 g/mol. The van der Waals surface area contributed by atoms with E-state index in [4.69, 9.17) is 4.74 Å². The lowest BCUT2D eigenvalue weighted by Crippen LogP contribution is -2.36. The number of morpholine rings is 1. The van der Waals surface area contributed by atoms with Crippen molar-refractivity contribution in [1.82, 2.24) is 4.98 Å². The third-order valence-electron chi connectivity index (χ3n) is 3.65. The number of benzene rings is 1.